The third kappa shape index (κ3) is 4.23. The molecule has 0 amide bonds. The molecule has 0 saturated carbocycles. The lowest BCUT2D eigenvalue weighted by molar-refractivity contribution is 0.195. The first-order valence-electron chi connectivity index (χ1n) is 10.2. The van der Waals surface area contributed by atoms with Crippen LogP contribution in [-0.4, -0.2) is 61.7 Å². The Kier molecular flexibility index (Phi) is 6.52. The van der Waals surface area contributed by atoms with Gasteiger partial charge in [-0.2, -0.15) is 0 Å². The van der Waals surface area contributed by atoms with Crippen molar-refractivity contribution >= 4 is 22.4 Å². The fraction of sp³-hybridized carbons (Fsp3) is 0.364. The summed E-state index contributed by atoms with van der Waals surface area (Å²) < 4.78 is 45.6. The molecular formula is C22H24F2N4O4. The van der Waals surface area contributed by atoms with Crippen LogP contribution < -0.4 is 20.1 Å². The predicted octanol–water partition coefficient (Wildman–Crippen LogP) is 3.20. The summed E-state index contributed by atoms with van der Waals surface area (Å²) in [5.74, 6) is -1.12. The Labute approximate surface area is 183 Å². The topological polar surface area (TPSA) is 97.8 Å². The van der Waals surface area contributed by atoms with Gasteiger partial charge in [0.1, 0.15) is 11.6 Å². The third-order valence-corrected chi connectivity index (χ3v) is 5.23. The number of aromatic nitrogens is 2. The van der Waals surface area contributed by atoms with Gasteiger partial charge in [0, 0.05) is 36.2 Å². The highest BCUT2D eigenvalue weighted by Crippen LogP contribution is 2.39. The van der Waals surface area contributed by atoms with Crippen LogP contribution in [0.25, 0.3) is 22.0 Å². The van der Waals surface area contributed by atoms with E-state index in [1.54, 1.807) is 12.3 Å². The third-order valence-electron chi connectivity index (χ3n) is 5.23. The molecule has 8 nitrogen and oxygen atoms in total. The van der Waals surface area contributed by atoms with Crippen LogP contribution in [-0.2, 0) is 4.74 Å². The molecule has 1 aromatic carbocycles. The zero-order valence-corrected chi connectivity index (χ0v) is 17.7. The van der Waals surface area contributed by atoms with Crippen LogP contribution in [0.4, 0.5) is 20.4 Å². The summed E-state index contributed by atoms with van der Waals surface area (Å²) >= 11 is 0. The summed E-state index contributed by atoms with van der Waals surface area (Å²) in [5, 5.41) is 16.9. The Bertz CT molecular complexity index is 1090. The lowest BCUT2D eigenvalue weighted by Gasteiger charge is -2.16. The molecular weight excluding hydrogens is 422 g/mol. The molecule has 170 valence electrons. The van der Waals surface area contributed by atoms with Crippen LogP contribution in [0, 0.1) is 11.6 Å². The molecule has 3 aromatic rings. The number of anilines is 2. The SMILES string of the molecule is COc1cc(OC)c(F)c(-c2cc3cnc(NC4CCOC4)cc3c(NCCO)n2)c1F. The van der Waals surface area contributed by atoms with E-state index < -0.39 is 11.6 Å². The van der Waals surface area contributed by atoms with Crippen molar-refractivity contribution in [1.29, 1.82) is 0 Å². The maximum Gasteiger partial charge on any atom is 0.177 e. The van der Waals surface area contributed by atoms with E-state index in [4.69, 9.17) is 14.2 Å². The van der Waals surface area contributed by atoms with Gasteiger partial charge in [0.05, 0.1) is 44.7 Å². The lowest BCUT2D eigenvalue weighted by Crippen LogP contribution is -2.19. The van der Waals surface area contributed by atoms with Gasteiger partial charge in [-0.05, 0) is 18.6 Å². The van der Waals surface area contributed by atoms with Gasteiger partial charge in [-0.3, -0.25) is 0 Å². The minimum Gasteiger partial charge on any atom is -0.494 e. The van der Waals surface area contributed by atoms with E-state index in [9.17, 15) is 5.11 Å². The second-order valence-corrected chi connectivity index (χ2v) is 7.29. The number of fused-ring (bicyclic) bond motifs is 1. The molecule has 10 heteroatoms. The number of pyridine rings is 2. The maximum absolute atomic E-state index is 15.1. The van der Waals surface area contributed by atoms with E-state index in [0.717, 1.165) is 12.5 Å². The molecule has 1 saturated heterocycles. The Morgan fingerprint density at radius 1 is 1.16 bits per heavy atom. The highest BCUT2D eigenvalue weighted by molar-refractivity contribution is 5.95. The van der Waals surface area contributed by atoms with Crippen LogP contribution >= 0.6 is 0 Å². The van der Waals surface area contributed by atoms with Crippen LogP contribution in [0.5, 0.6) is 11.5 Å². The number of ether oxygens (including phenoxy) is 3. The number of aliphatic hydroxyl groups is 1. The van der Waals surface area contributed by atoms with Gasteiger partial charge in [-0.25, -0.2) is 18.7 Å². The number of halogens is 2. The summed E-state index contributed by atoms with van der Waals surface area (Å²) in [6.07, 6.45) is 2.48. The summed E-state index contributed by atoms with van der Waals surface area (Å²) in [6.45, 7) is 1.36. The van der Waals surface area contributed by atoms with Gasteiger partial charge in [-0.1, -0.05) is 0 Å². The number of rotatable bonds is 8. The van der Waals surface area contributed by atoms with Gasteiger partial charge in [0.2, 0.25) is 0 Å². The summed E-state index contributed by atoms with van der Waals surface area (Å²) in [6, 6.07) is 4.67. The molecule has 1 unspecified atom stereocenters. The first-order chi connectivity index (χ1) is 15.5. The maximum atomic E-state index is 15.1. The smallest absolute Gasteiger partial charge is 0.177 e. The molecule has 1 aliphatic rings. The summed E-state index contributed by atoms with van der Waals surface area (Å²) in [5.41, 5.74) is -0.336. The van der Waals surface area contributed by atoms with Crippen LogP contribution in [0.15, 0.2) is 24.4 Å². The van der Waals surface area contributed by atoms with Gasteiger partial charge < -0.3 is 30.0 Å². The first kappa shape index (κ1) is 22.0. The number of aliphatic hydroxyl groups excluding tert-OH is 1. The average molecular weight is 446 g/mol. The molecule has 0 spiro atoms. The summed E-state index contributed by atoms with van der Waals surface area (Å²) in [4.78, 5) is 8.89. The molecule has 32 heavy (non-hydrogen) atoms. The molecule has 0 aliphatic carbocycles. The number of hydrogen-bond donors (Lipinski definition) is 3. The van der Waals surface area contributed by atoms with Crippen molar-refractivity contribution in [2.45, 2.75) is 12.5 Å². The van der Waals surface area contributed by atoms with E-state index in [1.165, 1.54) is 14.2 Å². The standard InChI is InChI=1S/C22H24F2N4O4/c1-30-16-9-17(31-2)21(24)19(20(16)23)15-7-12-10-26-18(27-13-3-6-32-11-13)8-14(12)22(28-15)25-4-5-29/h7-10,13,29H,3-6,11H2,1-2H3,(H,25,28)(H,26,27). The zero-order chi connectivity index (χ0) is 22.7. The van der Waals surface area contributed by atoms with Gasteiger partial charge in [0.25, 0.3) is 0 Å². The van der Waals surface area contributed by atoms with E-state index in [1.807, 2.05) is 6.07 Å². The highest BCUT2D eigenvalue weighted by atomic mass is 19.1. The molecule has 1 fully saturated rings. The normalized spacial score (nSPS) is 15.7. The number of nitrogens with one attached hydrogen (secondary N) is 2. The van der Waals surface area contributed by atoms with Crippen molar-refractivity contribution < 1.29 is 28.1 Å². The fourth-order valence-corrected chi connectivity index (χ4v) is 3.63. The minimum absolute atomic E-state index is 0.0387. The summed E-state index contributed by atoms with van der Waals surface area (Å²) in [7, 11) is 2.57. The van der Waals surface area contributed by atoms with Gasteiger partial charge >= 0.3 is 0 Å². The Balaban J connectivity index is 1.84. The number of methoxy groups -OCH3 is 2. The van der Waals surface area contributed by atoms with Crippen molar-refractivity contribution in [3.05, 3.63) is 36.0 Å². The molecule has 0 bridgehead atoms. The molecule has 0 radical (unpaired) electrons. The highest BCUT2D eigenvalue weighted by Gasteiger charge is 2.24. The van der Waals surface area contributed by atoms with Crippen molar-refractivity contribution in [3.8, 4) is 22.8 Å². The average Bonchev–Trinajstić information content (AvgIpc) is 3.31. The molecule has 3 N–H and O–H groups in total. The van der Waals surface area contributed by atoms with Crippen LogP contribution in [0.1, 0.15) is 6.42 Å². The first-order valence-corrected chi connectivity index (χ1v) is 10.2. The number of nitrogens with zero attached hydrogens (tertiary/aromatic N) is 2. The van der Waals surface area contributed by atoms with Crippen molar-refractivity contribution in [2.75, 3.05) is 51.2 Å². The fourth-order valence-electron chi connectivity index (χ4n) is 3.63. The molecule has 1 aliphatic heterocycles. The largest absolute Gasteiger partial charge is 0.494 e. The second-order valence-electron chi connectivity index (χ2n) is 7.29. The molecule has 3 heterocycles. The quantitative estimate of drug-likeness (QED) is 0.485. The van der Waals surface area contributed by atoms with E-state index in [2.05, 4.69) is 20.6 Å². The molecule has 4 rings (SSSR count). The van der Waals surface area contributed by atoms with E-state index in [-0.39, 0.29) is 41.9 Å². The Morgan fingerprint density at radius 3 is 2.53 bits per heavy atom. The number of hydrogen-bond acceptors (Lipinski definition) is 8. The van der Waals surface area contributed by atoms with Crippen LogP contribution in [0.2, 0.25) is 0 Å². The van der Waals surface area contributed by atoms with Crippen molar-refractivity contribution in [2.24, 2.45) is 0 Å². The molecule has 2 aromatic heterocycles. The second kappa shape index (κ2) is 9.49. The number of benzene rings is 1. The Morgan fingerprint density at radius 2 is 1.91 bits per heavy atom. The lowest BCUT2D eigenvalue weighted by atomic mass is 10.1. The van der Waals surface area contributed by atoms with Gasteiger partial charge in [0.15, 0.2) is 23.1 Å². The minimum atomic E-state index is -0.891. The van der Waals surface area contributed by atoms with Crippen molar-refractivity contribution in [1.82, 2.24) is 9.97 Å². The Hall–Kier alpha value is -3.24. The van der Waals surface area contributed by atoms with Gasteiger partial charge in [-0.15, -0.1) is 0 Å². The van der Waals surface area contributed by atoms with E-state index >= 15 is 8.78 Å². The van der Waals surface area contributed by atoms with E-state index in [0.29, 0.717) is 35.6 Å². The van der Waals surface area contributed by atoms with Crippen molar-refractivity contribution in [3.63, 3.8) is 0 Å². The monoisotopic (exact) mass is 446 g/mol. The zero-order valence-electron chi connectivity index (χ0n) is 17.7. The van der Waals surface area contributed by atoms with Crippen LogP contribution in [0.3, 0.4) is 0 Å². The predicted molar refractivity (Wildman–Crippen MR) is 116 cm³/mol. The molecule has 1 atom stereocenters.